The van der Waals surface area contributed by atoms with Crippen LogP contribution in [0.1, 0.15) is 49.5 Å². The zero-order chi connectivity index (χ0) is 20.1. The molecule has 0 aromatic heterocycles. The van der Waals surface area contributed by atoms with Gasteiger partial charge in [-0.2, -0.15) is 0 Å². The Morgan fingerprint density at radius 3 is 2.57 bits per heavy atom. The van der Waals surface area contributed by atoms with Crippen LogP contribution in [0.15, 0.2) is 48.5 Å². The van der Waals surface area contributed by atoms with E-state index >= 15 is 0 Å². The van der Waals surface area contributed by atoms with E-state index in [1.54, 1.807) is 31.4 Å². The number of carbonyl (C=O) groups is 1. The second-order valence-electron chi connectivity index (χ2n) is 7.48. The number of phenols is 1. The average molecular weight is 387 g/mol. The summed E-state index contributed by atoms with van der Waals surface area (Å²) >= 11 is 0. The van der Waals surface area contributed by atoms with E-state index in [2.05, 4.69) is 5.32 Å². The molecule has 28 heavy (non-hydrogen) atoms. The summed E-state index contributed by atoms with van der Waals surface area (Å²) in [4.78, 5) is 12.3. The summed E-state index contributed by atoms with van der Waals surface area (Å²) in [6.07, 6.45) is 0.585. The van der Waals surface area contributed by atoms with E-state index in [1.807, 2.05) is 19.1 Å². The molecule has 6 heteroatoms. The lowest BCUT2D eigenvalue weighted by Crippen LogP contribution is -2.51. The van der Waals surface area contributed by atoms with Gasteiger partial charge in [-0.1, -0.05) is 30.3 Å². The first kappa shape index (κ1) is 20.3. The summed E-state index contributed by atoms with van der Waals surface area (Å²) in [7, 11) is 1.56. The normalized spacial score (nSPS) is 24.7. The van der Waals surface area contributed by atoms with Crippen LogP contribution in [0, 0.1) is 5.82 Å². The molecular formula is C22H26FNO4. The lowest BCUT2D eigenvalue weighted by atomic mass is 9.81. The Hall–Kier alpha value is -2.44. The van der Waals surface area contributed by atoms with Gasteiger partial charge in [-0.15, -0.1) is 0 Å². The highest BCUT2D eigenvalue weighted by molar-refractivity contribution is 5.76. The Morgan fingerprint density at radius 1 is 1.21 bits per heavy atom. The Labute approximate surface area is 164 Å². The predicted octanol–water partition coefficient (Wildman–Crippen LogP) is 4.04. The topological polar surface area (TPSA) is 67.8 Å². The fourth-order valence-corrected chi connectivity index (χ4v) is 3.71. The van der Waals surface area contributed by atoms with Crippen molar-refractivity contribution in [3.63, 3.8) is 0 Å². The number of amides is 1. The van der Waals surface area contributed by atoms with Crippen LogP contribution in [0.2, 0.25) is 0 Å². The Morgan fingerprint density at radius 2 is 1.89 bits per heavy atom. The number of para-hydroxylation sites is 1. The summed E-state index contributed by atoms with van der Waals surface area (Å²) in [5, 5.41) is 13.4. The van der Waals surface area contributed by atoms with Crippen LogP contribution in [0.3, 0.4) is 0 Å². The molecule has 0 spiro atoms. The number of methoxy groups -OCH3 is 1. The van der Waals surface area contributed by atoms with E-state index in [1.165, 1.54) is 12.1 Å². The maximum Gasteiger partial charge on any atom is 0.222 e. The van der Waals surface area contributed by atoms with Gasteiger partial charge in [0.2, 0.25) is 5.91 Å². The maximum atomic E-state index is 13.3. The van der Waals surface area contributed by atoms with E-state index in [-0.39, 0.29) is 30.0 Å². The van der Waals surface area contributed by atoms with Gasteiger partial charge in [0, 0.05) is 37.5 Å². The van der Waals surface area contributed by atoms with E-state index in [4.69, 9.17) is 9.47 Å². The minimum atomic E-state index is -0.547. The van der Waals surface area contributed by atoms with Gasteiger partial charge in [-0.3, -0.25) is 4.79 Å². The number of nitrogens with one attached hydrogen (secondary N) is 1. The largest absolute Gasteiger partial charge is 0.508 e. The molecule has 1 saturated heterocycles. The molecule has 0 unspecified atom stereocenters. The fraction of sp³-hybridized carbons (Fsp3) is 0.409. The molecule has 1 aliphatic rings. The van der Waals surface area contributed by atoms with Crippen molar-refractivity contribution in [3.05, 3.63) is 65.5 Å². The van der Waals surface area contributed by atoms with E-state index in [9.17, 15) is 14.3 Å². The number of aromatic hydroxyl groups is 1. The Balaban J connectivity index is 1.88. The van der Waals surface area contributed by atoms with Gasteiger partial charge in [-0.25, -0.2) is 4.39 Å². The van der Waals surface area contributed by atoms with Crippen molar-refractivity contribution in [2.45, 2.75) is 43.9 Å². The number of benzene rings is 2. The van der Waals surface area contributed by atoms with Crippen LogP contribution < -0.4 is 5.32 Å². The third-order valence-electron chi connectivity index (χ3n) is 5.10. The van der Waals surface area contributed by atoms with Gasteiger partial charge >= 0.3 is 0 Å². The maximum absolute atomic E-state index is 13.3. The second-order valence-corrected chi connectivity index (χ2v) is 7.48. The molecule has 2 aromatic rings. The molecule has 3 rings (SSSR count). The van der Waals surface area contributed by atoms with Gasteiger partial charge in [0.1, 0.15) is 11.6 Å². The van der Waals surface area contributed by atoms with Gasteiger partial charge < -0.3 is 19.9 Å². The van der Waals surface area contributed by atoms with E-state index < -0.39 is 11.6 Å². The van der Waals surface area contributed by atoms with Crippen LogP contribution in [0.5, 0.6) is 5.75 Å². The summed E-state index contributed by atoms with van der Waals surface area (Å²) in [5.41, 5.74) is 0.959. The first-order valence-corrected chi connectivity index (χ1v) is 9.39. The molecule has 1 fully saturated rings. The van der Waals surface area contributed by atoms with Crippen LogP contribution in [0.4, 0.5) is 4.39 Å². The number of ether oxygens (including phenoxy) is 2. The molecule has 0 radical (unpaired) electrons. The third-order valence-corrected chi connectivity index (χ3v) is 5.10. The molecule has 0 aliphatic carbocycles. The molecule has 2 aromatic carbocycles. The quantitative estimate of drug-likeness (QED) is 0.785. The highest BCUT2D eigenvalue weighted by Crippen LogP contribution is 2.45. The van der Waals surface area contributed by atoms with Crippen molar-refractivity contribution in [1.29, 1.82) is 0 Å². The van der Waals surface area contributed by atoms with Crippen molar-refractivity contribution >= 4 is 5.91 Å². The minimum Gasteiger partial charge on any atom is -0.508 e. The summed E-state index contributed by atoms with van der Waals surface area (Å²) in [5.74, 6) is -0.257. The number of hydrogen-bond acceptors (Lipinski definition) is 4. The van der Waals surface area contributed by atoms with Gasteiger partial charge in [0.15, 0.2) is 0 Å². The molecule has 3 atom stereocenters. The molecule has 1 amide bonds. The van der Waals surface area contributed by atoms with E-state index in [0.29, 0.717) is 25.0 Å². The Bertz CT molecular complexity index is 810. The van der Waals surface area contributed by atoms with Crippen molar-refractivity contribution in [2.75, 3.05) is 13.7 Å². The molecule has 1 heterocycles. The second kappa shape index (κ2) is 8.71. The first-order chi connectivity index (χ1) is 13.4. The fourth-order valence-electron chi connectivity index (χ4n) is 3.71. The SMILES string of the molecule is COCCC(=O)N[C@@]1(C)C[C@@H](c2ccc(F)cc2)O[C@@H](c2ccccc2O)C1. The van der Waals surface area contributed by atoms with Crippen LogP contribution >= 0.6 is 0 Å². The molecule has 5 nitrogen and oxygen atoms in total. The molecule has 0 bridgehead atoms. The zero-order valence-corrected chi connectivity index (χ0v) is 16.2. The van der Waals surface area contributed by atoms with Gasteiger partial charge in [0.25, 0.3) is 0 Å². The molecular weight excluding hydrogens is 361 g/mol. The lowest BCUT2D eigenvalue weighted by molar-refractivity contribution is -0.129. The monoisotopic (exact) mass is 387 g/mol. The van der Waals surface area contributed by atoms with Crippen molar-refractivity contribution < 1.29 is 23.8 Å². The molecule has 1 aliphatic heterocycles. The average Bonchev–Trinajstić information content (AvgIpc) is 2.66. The van der Waals surface area contributed by atoms with Crippen LogP contribution in [-0.4, -0.2) is 30.3 Å². The third kappa shape index (κ3) is 4.88. The van der Waals surface area contributed by atoms with Crippen LogP contribution in [0.25, 0.3) is 0 Å². The van der Waals surface area contributed by atoms with Crippen molar-refractivity contribution in [3.8, 4) is 5.75 Å². The number of carbonyl (C=O) groups excluding carboxylic acids is 1. The van der Waals surface area contributed by atoms with Crippen molar-refractivity contribution in [1.82, 2.24) is 5.32 Å². The standard InChI is InChI=1S/C22H26FNO4/c1-22(24-21(26)11-12-27-2)13-19(15-7-9-16(23)10-8-15)28-20(14-22)17-5-3-4-6-18(17)25/h3-10,19-20,25H,11-14H2,1-2H3,(H,24,26)/t19-,20+,22-/m0/s1. The van der Waals surface area contributed by atoms with Crippen molar-refractivity contribution in [2.24, 2.45) is 0 Å². The predicted molar refractivity (Wildman–Crippen MR) is 103 cm³/mol. The zero-order valence-electron chi connectivity index (χ0n) is 16.2. The molecule has 0 saturated carbocycles. The first-order valence-electron chi connectivity index (χ1n) is 9.39. The minimum absolute atomic E-state index is 0.0971. The highest BCUT2D eigenvalue weighted by Gasteiger charge is 2.40. The van der Waals surface area contributed by atoms with Gasteiger partial charge in [-0.05, 0) is 30.7 Å². The summed E-state index contributed by atoms with van der Waals surface area (Å²) < 4.78 is 24.6. The summed E-state index contributed by atoms with van der Waals surface area (Å²) in [6, 6.07) is 13.2. The molecule has 2 N–H and O–H groups in total. The van der Waals surface area contributed by atoms with Crippen LogP contribution in [-0.2, 0) is 14.3 Å². The number of hydrogen-bond donors (Lipinski definition) is 2. The molecule has 150 valence electrons. The van der Waals surface area contributed by atoms with Gasteiger partial charge in [0.05, 0.1) is 18.8 Å². The summed E-state index contributed by atoms with van der Waals surface area (Å²) in [6.45, 7) is 2.33. The number of halogens is 1. The lowest BCUT2D eigenvalue weighted by Gasteiger charge is -2.43. The number of phenolic OH excluding ortho intramolecular Hbond substituents is 1. The highest BCUT2D eigenvalue weighted by atomic mass is 19.1. The number of rotatable bonds is 6. The Kier molecular flexibility index (Phi) is 6.31. The smallest absolute Gasteiger partial charge is 0.222 e. The van der Waals surface area contributed by atoms with E-state index in [0.717, 1.165) is 5.56 Å².